The molecule has 0 saturated carbocycles. The molecule has 0 fully saturated rings. The van der Waals surface area contributed by atoms with E-state index in [4.69, 9.17) is 0 Å². The van der Waals surface area contributed by atoms with Gasteiger partial charge in [0.05, 0.1) is 18.1 Å². The zero-order chi connectivity index (χ0) is 22.2. The highest BCUT2D eigenvalue weighted by molar-refractivity contribution is 5.74. The molecule has 0 spiro atoms. The van der Waals surface area contributed by atoms with E-state index in [1.54, 1.807) is 12.4 Å². The van der Waals surface area contributed by atoms with E-state index in [1.165, 1.54) is 0 Å². The summed E-state index contributed by atoms with van der Waals surface area (Å²) in [6.45, 7) is 8.86. The molecule has 0 radical (unpaired) electrons. The van der Waals surface area contributed by atoms with Crippen LogP contribution in [0.15, 0.2) is 55.3 Å². The van der Waals surface area contributed by atoms with E-state index in [9.17, 15) is 0 Å². The standard InChI is InChI=1S/C20H25N9.C2H6/c1-4-5-6-7-15(2)29-18(8-9-24-29)26-19-20-23-13-17(27(20)11-10-22-19)16-12-25-28(14-16)21-3;1-2/h5-11,13-14,21,25H,4,12H2,1-3H3,(H,22,26);1-2H3/b6-5-,15-7+;. The van der Waals surface area contributed by atoms with E-state index in [0.29, 0.717) is 5.82 Å². The molecule has 9 nitrogen and oxygen atoms in total. The number of hydrogen-bond acceptors (Lipinski definition) is 7. The van der Waals surface area contributed by atoms with Crippen LogP contribution in [0.25, 0.3) is 16.9 Å². The molecule has 0 aliphatic carbocycles. The topological polar surface area (TPSA) is 87.3 Å². The highest BCUT2D eigenvalue weighted by Gasteiger charge is 2.18. The summed E-state index contributed by atoms with van der Waals surface area (Å²) < 4.78 is 3.89. The molecule has 0 aromatic carbocycles. The van der Waals surface area contributed by atoms with Crippen molar-refractivity contribution in [3.05, 3.63) is 61.0 Å². The van der Waals surface area contributed by atoms with Gasteiger partial charge >= 0.3 is 0 Å². The van der Waals surface area contributed by atoms with Gasteiger partial charge in [-0.2, -0.15) is 5.10 Å². The van der Waals surface area contributed by atoms with Crippen LogP contribution in [-0.4, -0.2) is 42.9 Å². The zero-order valence-corrected chi connectivity index (χ0v) is 18.8. The number of nitrogens with zero attached hydrogens (tertiary/aromatic N) is 6. The van der Waals surface area contributed by atoms with Gasteiger partial charge in [0.15, 0.2) is 11.5 Å². The van der Waals surface area contributed by atoms with Crippen molar-refractivity contribution in [1.29, 1.82) is 0 Å². The van der Waals surface area contributed by atoms with Crippen molar-refractivity contribution < 1.29 is 0 Å². The van der Waals surface area contributed by atoms with Gasteiger partial charge in [0, 0.05) is 49.5 Å². The fraction of sp³-hybridized carbons (Fsp3) is 0.318. The zero-order valence-electron chi connectivity index (χ0n) is 18.8. The maximum Gasteiger partial charge on any atom is 0.180 e. The monoisotopic (exact) mass is 421 g/mol. The molecule has 0 bridgehead atoms. The first kappa shape index (κ1) is 22.3. The van der Waals surface area contributed by atoms with Crippen LogP contribution < -0.4 is 16.2 Å². The van der Waals surface area contributed by atoms with Gasteiger partial charge in [-0.05, 0) is 19.4 Å². The minimum absolute atomic E-state index is 0.675. The smallest absolute Gasteiger partial charge is 0.180 e. The van der Waals surface area contributed by atoms with E-state index >= 15 is 0 Å². The summed E-state index contributed by atoms with van der Waals surface area (Å²) in [5, 5.41) is 9.63. The summed E-state index contributed by atoms with van der Waals surface area (Å²) in [5.74, 6) is 1.51. The number of nitrogens with one attached hydrogen (secondary N) is 3. The number of anilines is 2. The van der Waals surface area contributed by atoms with Gasteiger partial charge < -0.3 is 5.32 Å². The Morgan fingerprint density at radius 2 is 2.10 bits per heavy atom. The average molecular weight is 422 g/mol. The van der Waals surface area contributed by atoms with Gasteiger partial charge in [-0.15, -0.1) is 0 Å². The Balaban J connectivity index is 0.00000132. The third-order valence-electron chi connectivity index (χ3n) is 4.66. The molecule has 3 aromatic heterocycles. The van der Waals surface area contributed by atoms with Crippen molar-refractivity contribution in [3.8, 4) is 0 Å². The van der Waals surface area contributed by atoms with Gasteiger partial charge in [-0.25, -0.2) is 30.6 Å². The minimum Gasteiger partial charge on any atom is -0.322 e. The minimum atomic E-state index is 0.675. The first-order chi connectivity index (χ1) is 15.2. The summed E-state index contributed by atoms with van der Waals surface area (Å²) in [4.78, 5) is 9.11. The lowest BCUT2D eigenvalue weighted by Crippen LogP contribution is -2.38. The van der Waals surface area contributed by atoms with Crippen LogP contribution in [0.2, 0.25) is 0 Å². The molecule has 0 atom stereocenters. The molecule has 0 unspecified atom stereocenters. The molecule has 9 heteroatoms. The number of hydrogen-bond donors (Lipinski definition) is 3. The summed E-state index contributed by atoms with van der Waals surface area (Å²) in [5.41, 5.74) is 10.2. The average Bonchev–Trinajstić information content (AvgIpc) is 3.54. The molecule has 4 rings (SSSR count). The Kier molecular flexibility index (Phi) is 7.58. The predicted octanol–water partition coefficient (Wildman–Crippen LogP) is 3.82. The van der Waals surface area contributed by atoms with Crippen molar-refractivity contribution in [2.45, 2.75) is 34.1 Å². The number of allylic oxidation sites excluding steroid dienone is 4. The van der Waals surface area contributed by atoms with Crippen molar-refractivity contribution in [2.75, 3.05) is 18.9 Å². The van der Waals surface area contributed by atoms with Crippen LogP contribution in [0, 0.1) is 0 Å². The van der Waals surface area contributed by atoms with Crippen LogP contribution in [0.3, 0.4) is 0 Å². The van der Waals surface area contributed by atoms with E-state index in [1.807, 2.05) is 78.8 Å². The molecule has 1 aliphatic rings. The highest BCUT2D eigenvalue weighted by Crippen LogP contribution is 2.24. The molecule has 3 N–H and O–H groups in total. The third kappa shape index (κ3) is 4.84. The first-order valence-electron chi connectivity index (χ1n) is 10.6. The Hall–Kier alpha value is -3.43. The van der Waals surface area contributed by atoms with Gasteiger partial charge in [-0.1, -0.05) is 32.9 Å². The highest BCUT2D eigenvalue weighted by atomic mass is 15.7. The fourth-order valence-corrected chi connectivity index (χ4v) is 3.18. The Morgan fingerprint density at radius 1 is 1.26 bits per heavy atom. The second-order valence-corrected chi connectivity index (χ2v) is 6.59. The fourth-order valence-electron chi connectivity index (χ4n) is 3.18. The molecule has 4 heterocycles. The lowest BCUT2D eigenvalue weighted by atomic mass is 10.2. The lowest BCUT2D eigenvalue weighted by Gasteiger charge is -2.11. The molecular formula is C22H31N9. The molecule has 164 valence electrons. The predicted molar refractivity (Wildman–Crippen MR) is 126 cm³/mol. The Morgan fingerprint density at radius 3 is 2.84 bits per heavy atom. The molecule has 0 amide bonds. The van der Waals surface area contributed by atoms with Crippen LogP contribution in [0.1, 0.15) is 39.8 Å². The second kappa shape index (κ2) is 10.6. The molecular weight excluding hydrogens is 390 g/mol. The number of imidazole rings is 1. The third-order valence-corrected chi connectivity index (χ3v) is 4.66. The van der Waals surface area contributed by atoms with Gasteiger partial charge in [0.1, 0.15) is 5.82 Å². The van der Waals surface area contributed by atoms with Gasteiger partial charge in [0.25, 0.3) is 0 Å². The van der Waals surface area contributed by atoms with Crippen LogP contribution in [0.4, 0.5) is 11.6 Å². The Bertz CT molecular complexity index is 1090. The van der Waals surface area contributed by atoms with Gasteiger partial charge in [-0.3, -0.25) is 4.40 Å². The van der Waals surface area contributed by atoms with E-state index in [0.717, 1.165) is 41.4 Å². The summed E-state index contributed by atoms with van der Waals surface area (Å²) in [6, 6.07) is 1.92. The normalized spacial score (nSPS) is 14.2. The largest absolute Gasteiger partial charge is 0.322 e. The SMILES string of the molecule is CC.CC/C=C\C=C(/C)n1nccc1Nc1nccn2c(C3=CN(NC)NC3)cnc12. The number of aromatic nitrogens is 5. The van der Waals surface area contributed by atoms with Crippen LogP contribution in [0.5, 0.6) is 0 Å². The van der Waals surface area contributed by atoms with Crippen molar-refractivity contribution in [3.63, 3.8) is 0 Å². The summed E-state index contributed by atoms with van der Waals surface area (Å²) in [6.07, 6.45) is 16.5. The van der Waals surface area contributed by atoms with Crippen molar-refractivity contribution in [1.82, 2.24) is 40.1 Å². The number of hydrazine groups is 2. The summed E-state index contributed by atoms with van der Waals surface area (Å²) >= 11 is 0. The molecule has 31 heavy (non-hydrogen) atoms. The van der Waals surface area contributed by atoms with E-state index in [-0.39, 0.29) is 0 Å². The van der Waals surface area contributed by atoms with Crippen molar-refractivity contribution >= 4 is 28.6 Å². The number of fused-ring (bicyclic) bond motifs is 1. The first-order valence-corrected chi connectivity index (χ1v) is 10.6. The summed E-state index contributed by atoms with van der Waals surface area (Å²) in [7, 11) is 1.87. The number of rotatable bonds is 7. The molecule has 1 aliphatic heterocycles. The quantitative estimate of drug-likeness (QED) is 0.500. The van der Waals surface area contributed by atoms with E-state index in [2.05, 4.69) is 44.2 Å². The van der Waals surface area contributed by atoms with E-state index < -0.39 is 0 Å². The maximum absolute atomic E-state index is 4.60. The maximum atomic E-state index is 4.60. The molecule has 0 saturated heterocycles. The van der Waals surface area contributed by atoms with Gasteiger partial charge in [0.2, 0.25) is 0 Å². The lowest BCUT2D eigenvalue weighted by molar-refractivity contribution is 0.236. The second-order valence-electron chi connectivity index (χ2n) is 6.59. The Labute approximate surface area is 183 Å². The molecule has 3 aromatic rings. The van der Waals surface area contributed by atoms with Crippen LogP contribution >= 0.6 is 0 Å². The van der Waals surface area contributed by atoms with Crippen LogP contribution in [-0.2, 0) is 0 Å². The van der Waals surface area contributed by atoms with Crippen molar-refractivity contribution in [2.24, 2.45) is 0 Å².